The number of esters is 1. The van der Waals surface area contributed by atoms with E-state index in [0.29, 0.717) is 6.42 Å². The van der Waals surface area contributed by atoms with Crippen molar-refractivity contribution in [3.05, 3.63) is 29.6 Å². The lowest BCUT2D eigenvalue weighted by Crippen LogP contribution is -2.42. The minimum Gasteiger partial charge on any atom is -0.467 e. The van der Waals surface area contributed by atoms with Gasteiger partial charge in [0.05, 0.1) is 12.7 Å². The minimum atomic E-state index is -0.753. The van der Waals surface area contributed by atoms with Crippen LogP contribution in [0.2, 0.25) is 0 Å². The average molecular weight is 282 g/mol. The summed E-state index contributed by atoms with van der Waals surface area (Å²) in [6.07, 6.45) is 0.444. The van der Waals surface area contributed by atoms with E-state index in [1.54, 1.807) is 0 Å². The molecule has 0 fully saturated rings. The second-order valence-electron chi connectivity index (χ2n) is 4.91. The number of benzene rings is 1. The van der Waals surface area contributed by atoms with Crippen molar-refractivity contribution in [1.82, 2.24) is 5.32 Å². The Labute approximate surface area is 117 Å². The second-order valence-corrected chi connectivity index (χ2v) is 4.91. The van der Waals surface area contributed by atoms with Gasteiger partial charge >= 0.3 is 5.97 Å². The Hall–Kier alpha value is -2.11. The number of carbonyl (C=O) groups excluding carboxylic acids is 2. The molecule has 6 heteroatoms. The molecule has 20 heavy (non-hydrogen) atoms. The highest BCUT2D eigenvalue weighted by Gasteiger charge is 2.23. The normalized spacial score (nSPS) is 12.1. The Kier molecular flexibility index (Phi) is 5.49. The summed E-state index contributed by atoms with van der Waals surface area (Å²) in [6.45, 7) is 3.85. The molecule has 0 spiro atoms. The first-order valence-corrected chi connectivity index (χ1v) is 6.28. The third-order valence-electron chi connectivity index (χ3n) is 2.76. The van der Waals surface area contributed by atoms with Gasteiger partial charge in [-0.2, -0.15) is 0 Å². The number of halogens is 1. The van der Waals surface area contributed by atoms with E-state index in [4.69, 9.17) is 5.73 Å². The molecular weight excluding hydrogens is 263 g/mol. The highest BCUT2D eigenvalue weighted by atomic mass is 19.1. The van der Waals surface area contributed by atoms with Gasteiger partial charge in [-0.1, -0.05) is 13.8 Å². The number of rotatable bonds is 5. The first-order valence-electron chi connectivity index (χ1n) is 6.28. The maximum Gasteiger partial charge on any atom is 0.328 e. The standard InChI is InChI=1S/C14H19FN2O3/c1-8(2)6-12(14(19)20-3)17-13(18)10-5-4-9(15)7-11(10)16/h4-5,7-8,12H,6,16H2,1-3H3,(H,17,18). The number of nitrogens with one attached hydrogen (secondary N) is 1. The SMILES string of the molecule is COC(=O)C(CC(C)C)NC(=O)c1ccc(F)cc1N. The third kappa shape index (κ3) is 4.22. The topological polar surface area (TPSA) is 81.4 Å². The van der Waals surface area contributed by atoms with Crippen LogP contribution in [0.1, 0.15) is 30.6 Å². The molecule has 0 aliphatic carbocycles. The molecule has 0 saturated heterocycles. The number of anilines is 1. The molecule has 110 valence electrons. The third-order valence-corrected chi connectivity index (χ3v) is 2.76. The number of carbonyl (C=O) groups is 2. The summed E-state index contributed by atoms with van der Waals surface area (Å²) in [5.41, 5.74) is 5.74. The number of hydrogen-bond donors (Lipinski definition) is 2. The number of ether oxygens (including phenoxy) is 1. The fourth-order valence-electron chi connectivity index (χ4n) is 1.80. The summed E-state index contributed by atoms with van der Waals surface area (Å²) in [5.74, 6) is -1.37. The van der Waals surface area contributed by atoms with Crippen molar-refractivity contribution in [1.29, 1.82) is 0 Å². The summed E-state index contributed by atoms with van der Waals surface area (Å²) >= 11 is 0. The fraction of sp³-hybridized carbons (Fsp3) is 0.429. The van der Waals surface area contributed by atoms with E-state index in [0.717, 1.165) is 12.1 Å². The van der Waals surface area contributed by atoms with Gasteiger partial charge in [0.15, 0.2) is 0 Å². The monoisotopic (exact) mass is 282 g/mol. The van der Waals surface area contributed by atoms with Crippen LogP contribution in [0.4, 0.5) is 10.1 Å². The van der Waals surface area contributed by atoms with Gasteiger partial charge in [0.2, 0.25) is 0 Å². The zero-order chi connectivity index (χ0) is 15.3. The lowest BCUT2D eigenvalue weighted by Gasteiger charge is -2.18. The van der Waals surface area contributed by atoms with E-state index in [2.05, 4.69) is 10.1 Å². The number of amides is 1. The van der Waals surface area contributed by atoms with E-state index in [1.165, 1.54) is 13.2 Å². The molecule has 1 atom stereocenters. The van der Waals surface area contributed by atoms with Crippen molar-refractivity contribution in [2.45, 2.75) is 26.3 Å². The van der Waals surface area contributed by atoms with Crippen LogP contribution in [-0.4, -0.2) is 25.0 Å². The predicted molar refractivity (Wildman–Crippen MR) is 73.5 cm³/mol. The molecule has 0 aromatic heterocycles. The number of hydrogen-bond acceptors (Lipinski definition) is 4. The highest BCUT2D eigenvalue weighted by Crippen LogP contribution is 2.14. The van der Waals surface area contributed by atoms with Gasteiger partial charge in [0, 0.05) is 5.69 Å². The quantitative estimate of drug-likeness (QED) is 0.636. The van der Waals surface area contributed by atoms with E-state index in [-0.39, 0.29) is 17.2 Å². The van der Waals surface area contributed by atoms with Crippen LogP contribution >= 0.6 is 0 Å². The number of nitrogen functional groups attached to an aromatic ring is 1. The van der Waals surface area contributed by atoms with Crippen LogP contribution in [0.3, 0.4) is 0 Å². The van der Waals surface area contributed by atoms with Crippen molar-refractivity contribution >= 4 is 17.6 Å². The van der Waals surface area contributed by atoms with Gasteiger partial charge in [-0.3, -0.25) is 4.79 Å². The van der Waals surface area contributed by atoms with Crippen molar-refractivity contribution in [2.75, 3.05) is 12.8 Å². The molecule has 1 rings (SSSR count). The largest absolute Gasteiger partial charge is 0.467 e. The Morgan fingerprint density at radius 3 is 2.55 bits per heavy atom. The van der Waals surface area contributed by atoms with Gasteiger partial charge in [-0.25, -0.2) is 9.18 Å². The van der Waals surface area contributed by atoms with Crippen molar-refractivity contribution in [2.24, 2.45) is 5.92 Å². The summed E-state index contributed by atoms with van der Waals surface area (Å²) in [5, 5.41) is 2.56. The molecular formula is C14H19FN2O3. The molecule has 0 saturated carbocycles. The van der Waals surface area contributed by atoms with Gasteiger partial charge in [0.1, 0.15) is 11.9 Å². The van der Waals surface area contributed by atoms with Gasteiger partial charge in [-0.15, -0.1) is 0 Å². The van der Waals surface area contributed by atoms with E-state index >= 15 is 0 Å². The van der Waals surface area contributed by atoms with E-state index < -0.39 is 23.7 Å². The Morgan fingerprint density at radius 2 is 2.05 bits per heavy atom. The maximum atomic E-state index is 12.9. The van der Waals surface area contributed by atoms with Gasteiger partial charge < -0.3 is 15.8 Å². The molecule has 1 aromatic carbocycles. The summed E-state index contributed by atoms with van der Waals surface area (Å²) < 4.78 is 17.6. The number of nitrogens with two attached hydrogens (primary N) is 1. The summed E-state index contributed by atoms with van der Waals surface area (Å²) in [7, 11) is 1.26. The average Bonchev–Trinajstić information content (AvgIpc) is 2.36. The van der Waals surface area contributed by atoms with Gasteiger partial charge in [-0.05, 0) is 30.5 Å². The lowest BCUT2D eigenvalue weighted by molar-refractivity contribution is -0.143. The van der Waals surface area contributed by atoms with Gasteiger partial charge in [0.25, 0.3) is 5.91 Å². The van der Waals surface area contributed by atoms with Crippen LogP contribution in [0.25, 0.3) is 0 Å². The first-order chi connectivity index (χ1) is 9.35. The lowest BCUT2D eigenvalue weighted by atomic mass is 10.0. The van der Waals surface area contributed by atoms with Crippen LogP contribution in [0, 0.1) is 11.7 Å². The Balaban J connectivity index is 2.87. The van der Waals surface area contributed by atoms with Crippen LogP contribution in [0.5, 0.6) is 0 Å². The van der Waals surface area contributed by atoms with Crippen LogP contribution < -0.4 is 11.1 Å². The molecule has 0 radical (unpaired) electrons. The first kappa shape index (κ1) is 15.9. The van der Waals surface area contributed by atoms with Crippen molar-refractivity contribution < 1.29 is 18.7 Å². The molecule has 5 nitrogen and oxygen atoms in total. The molecule has 0 aliphatic rings. The molecule has 3 N–H and O–H groups in total. The predicted octanol–water partition coefficient (Wildman–Crippen LogP) is 1.73. The van der Waals surface area contributed by atoms with E-state index in [9.17, 15) is 14.0 Å². The zero-order valence-electron chi connectivity index (χ0n) is 11.8. The number of methoxy groups -OCH3 is 1. The molecule has 0 heterocycles. The molecule has 1 amide bonds. The maximum absolute atomic E-state index is 12.9. The Morgan fingerprint density at radius 1 is 1.40 bits per heavy atom. The van der Waals surface area contributed by atoms with Crippen LogP contribution in [-0.2, 0) is 9.53 Å². The van der Waals surface area contributed by atoms with Crippen molar-refractivity contribution in [3.63, 3.8) is 0 Å². The smallest absolute Gasteiger partial charge is 0.328 e. The second kappa shape index (κ2) is 6.88. The molecule has 0 bridgehead atoms. The summed E-state index contributed by atoms with van der Waals surface area (Å²) in [4.78, 5) is 23.7. The zero-order valence-corrected chi connectivity index (χ0v) is 11.8. The molecule has 0 aliphatic heterocycles. The van der Waals surface area contributed by atoms with E-state index in [1.807, 2.05) is 13.8 Å². The highest BCUT2D eigenvalue weighted by molar-refractivity contribution is 6.00. The molecule has 1 aromatic rings. The van der Waals surface area contributed by atoms with Crippen molar-refractivity contribution in [3.8, 4) is 0 Å². The fourth-order valence-corrected chi connectivity index (χ4v) is 1.80. The minimum absolute atomic E-state index is 0.0238. The summed E-state index contributed by atoms with van der Waals surface area (Å²) in [6, 6.07) is 2.73. The molecule has 1 unspecified atom stereocenters. The van der Waals surface area contributed by atoms with Crippen LogP contribution in [0.15, 0.2) is 18.2 Å². The Bertz CT molecular complexity index is 503.